The molecule has 0 unspecified atom stereocenters. The lowest BCUT2D eigenvalue weighted by Gasteiger charge is -2.12. The lowest BCUT2D eigenvalue weighted by molar-refractivity contribution is 0.0696. The number of benzene rings is 1. The first-order chi connectivity index (χ1) is 8.65. The number of aromatic carboxylic acids is 1. The monoisotopic (exact) mass is 245 g/mol. The van der Waals surface area contributed by atoms with Crippen LogP contribution in [0.4, 0.5) is 0 Å². The van der Waals surface area contributed by atoms with Gasteiger partial charge in [-0.3, -0.25) is 0 Å². The van der Waals surface area contributed by atoms with Gasteiger partial charge in [-0.25, -0.2) is 4.79 Å². The number of aromatic nitrogens is 1. The minimum atomic E-state index is -0.917. The molecule has 0 bridgehead atoms. The number of hydrogen-bond donors (Lipinski definition) is 1. The molecule has 0 saturated carbocycles. The minimum absolute atomic E-state index is 0.307. The molecule has 18 heavy (non-hydrogen) atoms. The third-order valence-corrected chi connectivity index (χ3v) is 2.80. The average Bonchev–Trinajstić information content (AvgIpc) is 2.72. The van der Waals surface area contributed by atoms with Crippen molar-refractivity contribution < 1.29 is 14.6 Å². The number of para-hydroxylation sites is 2. The summed E-state index contributed by atoms with van der Waals surface area (Å²) in [4.78, 5) is 11.0. The van der Waals surface area contributed by atoms with E-state index in [0.717, 1.165) is 11.4 Å². The fourth-order valence-corrected chi connectivity index (χ4v) is 1.93. The third kappa shape index (κ3) is 2.09. The van der Waals surface area contributed by atoms with Gasteiger partial charge in [0.15, 0.2) is 0 Å². The molecule has 0 radical (unpaired) electrons. The smallest absolute Gasteiger partial charge is 0.337 e. The minimum Gasteiger partial charge on any atom is -0.492 e. The predicted octanol–water partition coefficient (Wildman–Crippen LogP) is 2.88. The second kappa shape index (κ2) is 4.96. The highest BCUT2D eigenvalue weighted by molar-refractivity contribution is 5.89. The van der Waals surface area contributed by atoms with E-state index in [2.05, 4.69) is 0 Å². The van der Waals surface area contributed by atoms with Crippen LogP contribution in [0.2, 0.25) is 0 Å². The van der Waals surface area contributed by atoms with Crippen LogP contribution in [-0.2, 0) is 0 Å². The zero-order valence-electron chi connectivity index (χ0n) is 10.4. The number of nitrogens with zero attached hydrogens (tertiary/aromatic N) is 1. The fourth-order valence-electron chi connectivity index (χ4n) is 1.93. The molecule has 0 fully saturated rings. The molecule has 2 aromatic rings. The summed E-state index contributed by atoms with van der Waals surface area (Å²) in [6.45, 7) is 4.28. The molecule has 0 aliphatic rings. The van der Waals surface area contributed by atoms with Crippen molar-refractivity contribution in [3.8, 4) is 11.4 Å². The summed E-state index contributed by atoms with van der Waals surface area (Å²) in [5.74, 6) is -0.171. The van der Waals surface area contributed by atoms with Crippen molar-refractivity contribution in [2.24, 2.45) is 0 Å². The predicted molar refractivity (Wildman–Crippen MR) is 68.6 cm³/mol. The normalized spacial score (nSPS) is 10.3. The molecular weight excluding hydrogens is 230 g/mol. The number of carboxylic acid groups (broad SMARTS) is 1. The molecule has 1 aromatic heterocycles. The van der Waals surface area contributed by atoms with Crippen LogP contribution in [0.1, 0.15) is 23.0 Å². The second-order valence-electron chi connectivity index (χ2n) is 3.89. The van der Waals surface area contributed by atoms with Crippen molar-refractivity contribution in [1.29, 1.82) is 0 Å². The average molecular weight is 245 g/mol. The highest BCUT2D eigenvalue weighted by atomic mass is 16.5. The molecule has 0 aliphatic heterocycles. The van der Waals surface area contributed by atoms with Gasteiger partial charge in [-0.2, -0.15) is 0 Å². The lowest BCUT2D eigenvalue weighted by atomic mass is 10.2. The van der Waals surface area contributed by atoms with Crippen LogP contribution < -0.4 is 4.74 Å². The SMILES string of the molecule is CCOc1ccccc1-n1ccc(C(=O)O)c1C. The molecule has 0 spiro atoms. The van der Waals surface area contributed by atoms with Crippen LogP contribution in [0.25, 0.3) is 5.69 Å². The van der Waals surface area contributed by atoms with Crippen LogP contribution in [0, 0.1) is 6.92 Å². The first kappa shape index (κ1) is 12.2. The largest absolute Gasteiger partial charge is 0.492 e. The van der Waals surface area contributed by atoms with Gasteiger partial charge in [-0.15, -0.1) is 0 Å². The molecule has 4 nitrogen and oxygen atoms in total. The van der Waals surface area contributed by atoms with Gasteiger partial charge in [-0.1, -0.05) is 12.1 Å². The molecular formula is C14H15NO3. The molecule has 1 heterocycles. The van der Waals surface area contributed by atoms with E-state index in [1.165, 1.54) is 0 Å². The Balaban J connectivity index is 2.52. The summed E-state index contributed by atoms with van der Waals surface area (Å²) < 4.78 is 7.38. The Labute approximate surface area is 105 Å². The van der Waals surface area contributed by atoms with Crippen molar-refractivity contribution in [3.63, 3.8) is 0 Å². The van der Waals surface area contributed by atoms with E-state index in [4.69, 9.17) is 9.84 Å². The summed E-state index contributed by atoms with van der Waals surface area (Å²) in [5.41, 5.74) is 1.85. The Kier molecular flexibility index (Phi) is 3.37. The summed E-state index contributed by atoms with van der Waals surface area (Å²) in [6, 6.07) is 9.17. The number of carboxylic acids is 1. The zero-order valence-corrected chi connectivity index (χ0v) is 10.4. The van der Waals surface area contributed by atoms with Crippen LogP contribution >= 0.6 is 0 Å². The number of carbonyl (C=O) groups is 1. The van der Waals surface area contributed by atoms with Crippen molar-refractivity contribution in [2.45, 2.75) is 13.8 Å². The van der Waals surface area contributed by atoms with Gasteiger partial charge >= 0.3 is 5.97 Å². The fraction of sp³-hybridized carbons (Fsp3) is 0.214. The van der Waals surface area contributed by atoms with Gasteiger partial charge in [0.2, 0.25) is 0 Å². The molecule has 2 rings (SSSR count). The van der Waals surface area contributed by atoms with Gasteiger partial charge < -0.3 is 14.4 Å². The molecule has 4 heteroatoms. The lowest BCUT2D eigenvalue weighted by Crippen LogP contribution is -2.03. The number of rotatable bonds is 4. The topological polar surface area (TPSA) is 51.5 Å². The maximum absolute atomic E-state index is 11.0. The van der Waals surface area contributed by atoms with Crippen LogP contribution in [0.5, 0.6) is 5.75 Å². The van der Waals surface area contributed by atoms with E-state index >= 15 is 0 Å². The van der Waals surface area contributed by atoms with E-state index in [1.54, 1.807) is 19.2 Å². The summed E-state index contributed by atoms with van der Waals surface area (Å²) in [6.07, 6.45) is 1.75. The highest BCUT2D eigenvalue weighted by Crippen LogP contribution is 2.25. The van der Waals surface area contributed by atoms with Gasteiger partial charge in [0, 0.05) is 11.9 Å². The van der Waals surface area contributed by atoms with E-state index in [0.29, 0.717) is 17.9 Å². The quantitative estimate of drug-likeness (QED) is 0.901. The Morgan fingerprint density at radius 3 is 2.67 bits per heavy atom. The molecule has 0 atom stereocenters. The summed E-state index contributed by atoms with van der Waals surface area (Å²) in [5, 5.41) is 9.05. The van der Waals surface area contributed by atoms with E-state index < -0.39 is 5.97 Å². The van der Waals surface area contributed by atoms with E-state index in [9.17, 15) is 4.79 Å². The molecule has 0 saturated heterocycles. The Bertz CT molecular complexity index is 572. The Morgan fingerprint density at radius 2 is 2.06 bits per heavy atom. The Hall–Kier alpha value is -2.23. The van der Waals surface area contributed by atoms with Crippen LogP contribution in [-0.4, -0.2) is 22.2 Å². The summed E-state index contributed by atoms with van der Waals surface area (Å²) >= 11 is 0. The maximum atomic E-state index is 11.0. The maximum Gasteiger partial charge on any atom is 0.337 e. The molecule has 1 N–H and O–H groups in total. The van der Waals surface area contributed by atoms with Crippen LogP contribution in [0.15, 0.2) is 36.5 Å². The molecule has 94 valence electrons. The molecule has 0 aliphatic carbocycles. The number of ether oxygens (including phenoxy) is 1. The van der Waals surface area contributed by atoms with Crippen molar-refractivity contribution in [1.82, 2.24) is 4.57 Å². The highest BCUT2D eigenvalue weighted by Gasteiger charge is 2.14. The second-order valence-corrected chi connectivity index (χ2v) is 3.89. The number of hydrogen-bond acceptors (Lipinski definition) is 2. The third-order valence-electron chi connectivity index (χ3n) is 2.80. The zero-order chi connectivity index (χ0) is 13.1. The van der Waals surface area contributed by atoms with E-state index in [-0.39, 0.29) is 0 Å². The molecule has 0 amide bonds. The standard InChI is InChI=1S/C14H15NO3/c1-3-18-13-7-5-4-6-12(13)15-9-8-11(10(15)2)14(16)17/h4-9H,3H2,1-2H3,(H,16,17). The van der Waals surface area contributed by atoms with Crippen molar-refractivity contribution >= 4 is 5.97 Å². The van der Waals surface area contributed by atoms with Gasteiger partial charge in [0.1, 0.15) is 5.75 Å². The van der Waals surface area contributed by atoms with Gasteiger partial charge in [0.05, 0.1) is 17.9 Å². The van der Waals surface area contributed by atoms with Crippen molar-refractivity contribution in [3.05, 3.63) is 47.8 Å². The first-order valence-electron chi connectivity index (χ1n) is 5.78. The van der Waals surface area contributed by atoms with Crippen molar-refractivity contribution in [2.75, 3.05) is 6.61 Å². The van der Waals surface area contributed by atoms with Gasteiger partial charge in [-0.05, 0) is 32.0 Å². The molecule has 1 aromatic carbocycles. The van der Waals surface area contributed by atoms with Crippen LogP contribution in [0.3, 0.4) is 0 Å². The van der Waals surface area contributed by atoms with E-state index in [1.807, 2.05) is 35.8 Å². The Morgan fingerprint density at radius 1 is 1.33 bits per heavy atom. The summed E-state index contributed by atoms with van der Waals surface area (Å²) in [7, 11) is 0. The van der Waals surface area contributed by atoms with Gasteiger partial charge in [0.25, 0.3) is 0 Å². The first-order valence-corrected chi connectivity index (χ1v) is 5.78.